The minimum Gasteiger partial charge on any atom is -0.475 e. The Morgan fingerprint density at radius 2 is 2.24 bits per heavy atom. The van der Waals surface area contributed by atoms with Crippen molar-refractivity contribution in [2.75, 3.05) is 6.54 Å². The van der Waals surface area contributed by atoms with Crippen molar-refractivity contribution in [3.63, 3.8) is 0 Å². The molecule has 1 aliphatic heterocycles. The molecule has 0 spiro atoms. The molecule has 0 aromatic carbocycles. The second-order valence-corrected chi connectivity index (χ2v) is 6.46. The molecule has 0 unspecified atom stereocenters. The zero-order chi connectivity index (χ0) is 18.2. The van der Waals surface area contributed by atoms with E-state index in [4.69, 9.17) is 9.52 Å². The van der Waals surface area contributed by atoms with Gasteiger partial charge in [0.1, 0.15) is 5.76 Å². The van der Waals surface area contributed by atoms with E-state index < -0.39 is 12.1 Å². The average molecular weight is 349 g/mol. The van der Waals surface area contributed by atoms with Crippen molar-refractivity contribution in [1.29, 1.82) is 0 Å². The first kappa shape index (κ1) is 19.2. The molecular formula is C19H27NO5. The van der Waals surface area contributed by atoms with Crippen molar-refractivity contribution in [3.05, 3.63) is 35.8 Å². The second-order valence-electron chi connectivity index (χ2n) is 6.46. The Hall–Kier alpha value is -2.08. The lowest BCUT2D eigenvalue weighted by molar-refractivity contribution is -0.128. The molecule has 25 heavy (non-hydrogen) atoms. The van der Waals surface area contributed by atoms with Crippen LogP contribution in [-0.2, 0) is 11.2 Å². The number of aliphatic hydroxyl groups is 1. The van der Waals surface area contributed by atoms with Gasteiger partial charge in [0, 0.05) is 19.4 Å². The summed E-state index contributed by atoms with van der Waals surface area (Å²) in [5, 5.41) is 18.9. The number of rotatable bonds is 10. The van der Waals surface area contributed by atoms with E-state index in [0.29, 0.717) is 25.1 Å². The first-order chi connectivity index (χ1) is 12.0. The van der Waals surface area contributed by atoms with E-state index in [-0.39, 0.29) is 17.7 Å². The summed E-state index contributed by atoms with van der Waals surface area (Å²) in [5.41, 5.74) is 0. The Bertz CT molecular complexity index is 607. The molecule has 1 aliphatic rings. The molecule has 2 rings (SSSR count). The fourth-order valence-electron chi connectivity index (χ4n) is 3.06. The summed E-state index contributed by atoms with van der Waals surface area (Å²) in [4.78, 5) is 24.7. The van der Waals surface area contributed by atoms with Gasteiger partial charge in [-0.1, -0.05) is 38.3 Å². The fraction of sp³-hybridized carbons (Fsp3) is 0.579. The number of carbonyl (C=O) groups excluding carboxylic acids is 1. The van der Waals surface area contributed by atoms with Gasteiger partial charge in [-0.15, -0.1) is 0 Å². The van der Waals surface area contributed by atoms with Crippen LogP contribution in [0.1, 0.15) is 61.8 Å². The average Bonchev–Trinajstić information content (AvgIpc) is 3.18. The van der Waals surface area contributed by atoms with Gasteiger partial charge < -0.3 is 19.5 Å². The molecular weight excluding hydrogens is 322 g/mol. The summed E-state index contributed by atoms with van der Waals surface area (Å²) >= 11 is 0. The quantitative estimate of drug-likeness (QED) is 0.500. The maximum absolute atomic E-state index is 12.1. The number of carboxylic acids is 1. The van der Waals surface area contributed by atoms with Crippen LogP contribution in [0.3, 0.4) is 0 Å². The van der Waals surface area contributed by atoms with Gasteiger partial charge in [0.15, 0.2) is 0 Å². The molecule has 2 atom stereocenters. The number of aromatic carboxylic acids is 1. The van der Waals surface area contributed by atoms with Crippen LogP contribution in [-0.4, -0.2) is 45.7 Å². The highest BCUT2D eigenvalue weighted by Crippen LogP contribution is 2.21. The monoisotopic (exact) mass is 349 g/mol. The largest absolute Gasteiger partial charge is 0.475 e. The molecule has 1 amide bonds. The number of amides is 1. The van der Waals surface area contributed by atoms with Crippen LogP contribution >= 0.6 is 0 Å². The summed E-state index contributed by atoms with van der Waals surface area (Å²) in [6.45, 7) is 2.61. The summed E-state index contributed by atoms with van der Waals surface area (Å²) in [6, 6.07) is 3.04. The van der Waals surface area contributed by atoms with E-state index >= 15 is 0 Å². The number of hydrogen-bond acceptors (Lipinski definition) is 4. The van der Waals surface area contributed by atoms with E-state index in [1.54, 1.807) is 17.0 Å². The van der Waals surface area contributed by atoms with E-state index in [1.807, 2.05) is 6.08 Å². The summed E-state index contributed by atoms with van der Waals surface area (Å²) < 4.78 is 5.23. The highest BCUT2D eigenvalue weighted by atomic mass is 16.4. The Morgan fingerprint density at radius 1 is 1.44 bits per heavy atom. The lowest BCUT2D eigenvalue weighted by Gasteiger charge is -2.22. The van der Waals surface area contributed by atoms with Gasteiger partial charge in [0.05, 0.1) is 12.1 Å². The lowest BCUT2D eigenvalue weighted by Crippen LogP contribution is -2.33. The first-order valence-corrected chi connectivity index (χ1v) is 8.99. The van der Waals surface area contributed by atoms with Gasteiger partial charge >= 0.3 is 5.97 Å². The number of nitrogens with zero attached hydrogens (tertiary/aromatic N) is 1. The second kappa shape index (κ2) is 9.42. The fourth-order valence-corrected chi connectivity index (χ4v) is 3.06. The van der Waals surface area contributed by atoms with Crippen molar-refractivity contribution in [2.45, 2.75) is 64.0 Å². The van der Waals surface area contributed by atoms with Crippen LogP contribution in [0.25, 0.3) is 0 Å². The van der Waals surface area contributed by atoms with Gasteiger partial charge in [-0.25, -0.2) is 4.79 Å². The molecule has 0 radical (unpaired) electrons. The molecule has 1 aromatic heterocycles. The molecule has 138 valence electrons. The molecule has 1 fully saturated rings. The van der Waals surface area contributed by atoms with Gasteiger partial charge in [-0.05, 0) is 25.0 Å². The SMILES string of the molecule is CCCCC[C@@H](O)C=C[C@H]1CCC(=O)N1CCc1ccc(C(=O)O)o1. The highest BCUT2D eigenvalue weighted by molar-refractivity contribution is 5.84. The molecule has 0 bridgehead atoms. The third kappa shape index (κ3) is 5.74. The minimum atomic E-state index is -1.10. The number of aliphatic hydroxyl groups excluding tert-OH is 1. The van der Waals surface area contributed by atoms with Gasteiger partial charge in [-0.3, -0.25) is 4.79 Å². The lowest BCUT2D eigenvalue weighted by atomic mass is 10.1. The van der Waals surface area contributed by atoms with E-state index in [0.717, 1.165) is 32.1 Å². The Labute approximate surface area is 148 Å². The molecule has 2 N–H and O–H groups in total. The van der Waals surface area contributed by atoms with E-state index in [2.05, 4.69) is 6.92 Å². The van der Waals surface area contributed by atoms with Crippen molar-refractivity contribution in [1.82, 2.24) is 4.90 Å². The van der Waals surface area contributed by atoms with Crippen LogP contribution in [0.4, 0.5) is 0 Å². The zero-order valence-corrected chi connectivity index (χ0v) is 14.7. The number of hydrogen-bond donors (Lipinski definition) is 2. The van der Waals surface area contributed by atoms with Crippen LogP contribution in [0.5, 0.6) is 0 Å². The highest BCUT2D eigenvalue weighted by Gasteiger charge is 2.29. The van der Waals surface area contributed by atoms with Gasteiger partial charge in [0.25, 0.3) is 0 Å². The molecule has 0 aliphatic carbocycles. The molecule has 1 saturated heterocycles. The predicted octanol–water partition coefficient (Wildman–Crippen LogP) is 3.01. The topological polar surface area (TPSA) is 91.0 Å². The first-order valence-electron chi connectivity index (χ1n) is 8.99. The number of furan rings is 1. The molecule has 2 heterocycles. The Kier molecular flexibility index (Phi) is 7.25. The third-order valence-electron chi connectivity index (χ3n) is 4.51. The predicted molar refractivity (Wildman–Crippen MR) is 93.4 cm³/mol. The maximum Gasteiger partial charge on any atom is 0.371 e. The summed E-state index contributed by atoms with van der Waals surface area (Å²) in [5.74, 6) is -0.546. The summed E-state index contributed by atoms with van der Waals surface area (Å²) in [7, 11) is 0. The Morgan fingerprint density at radius 3 is 2.92 bits per heavy atom. The third-order valence-corrected chi connectivity index (χ3v) is 4.51. The van der Waals surface area contributed by atoms with Gasteiger partial charge in [0.2, 0.25) is 11.7 Å². The number of likely N-dealkylation sites (tertiary alicyclic amines) is 1. The Balaban J connectivity index is 1.86. The van der Waals surface area contributed by atoms with Crippen LogP contribution in [0.15, 0.2) is 28.7 Å². The van der Waals surface area contributed by atoms with Crippen LogP contribution in [0, 0.1) is 0 Å². The normalized spacial score (nSPS) is 19.0. The van der Waals surface area contributed by atoms with E-state index in [9.17, 15) is 14.7 Å². The minimum absolute atomic E-state index is 0.0118. The van der Waals surface area contributed by atoms with Crippen LogP contribution < -0.4 is 0 Å². The van der Waals surface area contributed by atoms with E-state index in [1.165, 1.54) is 6.07 Å². The molecule has 6 heteroatoms. The van der Waals surface area contributed by atoms with Crippen LogP contribution in [0.2, 0.25) is 0 Å². The molecule has 0 saturated carbocycles. The number of carboxylic acid groups (broad SMARTS) is 1. The number of carbonyl (C=O) groups is 2. The smallest absolute Gasteiger partial charge is 0.371 e. The number of unbranched alkanes of at least 4 members (excludes halogenated alkanes) is 2. The molecule has 1 aromatic rings. The summed E-state index contributed by atoms with van der Waals surface area (Å²) in [6.07, 6.45) is 8.95. The van der Waals surface area contributed by atoms with Crippen molar-refractivity contribution in [2.24, 2.45) is 0 Å². The standard InChI is InChI=1S/C19H27NO5/c1-2-3-4-5-15(21)8-6-14-7-11-18(22)20(14)13-12-16-9-10-17(25-16)19(23)24/h6,8-10,14-15,21H,2-5,7,11-13H2,1H3,(H,23,24)/t14-,15+/m0/s1. The van der Waals surface area contributed by atoms with Crippen molar-refractivity contribution in [3.8, 4) is 0 Å². The zero-order valence-electron chi connectivity index (χ0n) is 14.7. The van der Waals surface area contributed by atoms with Crippen molar-refractivity contribution >= 4 is 11.9 Å². The maximum atomic E-state index is 12.1. The van der Waals surface area contributed by atoms with Crippen molar-refractivity contribution < 1.29 is 24.2 Å². The molecule has 6 nitrogen and oxygen atoms in total. The van der Waals surface area contributed by atoms with Gasteiger partial charge in [-0.2, -0.15) is 0 Å².